The third-order valence-corrected chi connectivity index (χ3v) is 2.60. The Morgan fingerprint density at radius 1 is 1.38 bits per heavy atom. The van der Waals surface area contributed by atoms with Crippen LogP contribution in [0.25, 0.3) is 0 Å². The first-order chi connectivity index (χ1) is 9.94. The van der Waals surface area contributed by atoms with E-state index >= 15 is 0 Å². The number of carboxylic acid groups (broad SMARTS) is 1. The molecule has 1 aromatic heterocycles. The van der Waals surface area contributed by atoms with Crippen LogP contribution in [0.4, 0.5) is 10.5 Å². The lowest BCUT2D eigenvalue weighted by molar-refractivity contribution is 0.0697. The first-order valence-electron chi connectivity index (χ1n) is 5.82. The predicted octanol–water partition coefficient (Wildman–Crippen LogP) is 2.05. The summed E-state index contributed by atoms with van der Waals surface area (Å²) in [5.74, 6) is -0.406. The molecule has 1 aromatic carbocycles. The third kappa shape index (κ3) is 4.18. The fourth-order valence-electron chi connectivity index (χ4n) is 1.53. The number of carbonyl (C=O) groups excluding carboxylic acids is 1. The van der Waals surface area contributed by atoms with E-state index in [0.717, 1.165) is 0 Å². The minimum atomic E-state index is -1.14. The van der Waals surface area contributed by atoms with E-state index in [1.54, 1.807) is 6.92 Å². The Morgan fingerprint density at radius 2 is 2.14 bits per heavy atom. The summed E-state index contributed by atoms with van der Waals surface area (Å²) in [5, 5.41) is 17.7. The number of urea groups is 1. The van der Waals surface area contributed by atoms with E-state index in [-0.39, 0.29) is 22.8 Å². The van der Waals surface area contributed by atoms with Gasteiger partial charge in [0.15, 0.2) is 5.82 Å². The van der Waals surface area contributed by atoms with Crippen LogP contribution in [0.15, 0.2) is 22.7 Å². The zero-order chi connectivity index (χ0) is 15.4. The topological polar surface area (TPSA) is 117 Å². The molecule has 3 N–H and O–H groups in total. The highest BCUT2D eigenvalue weighted by molar-refractivity contribution is 6.31. The molecule has 8 nitrogen and oxygen atoms in total. The summed E-state index contributed by atoms with van der Waals surface area (Å²) in [6.45, 7) is 1.71. The number of hydrogen-bond acceptors (Lipinski definition) is 5. The van der Waals surface area contributed by atoms with Crippen LogP contribution in [0.2, 0.25) is 5.02 Å². The van der Waals surface area contributed by atoms with E-state index in [1.807, 2.05) is 0 Å². The molecule has 9 heteroatoms. The van der Waals surface area contributed by atoms with Gasteiger partial charge in [0.1, 0.15) is 0 Å². The fraction of sp³-hybridized carbons (Fsp3) is 0.167. The summed E-state index contributed by atoms with van der Waals surface area (Å²) in [6.07, 6.45) is 0. The normalized spacial score (nSPS) is 10.2. The second-order valence-electron chi connectivity index (χ2n) is 4.07. The van der Waals surface area contributed by atoms with Crippen molar-refractivity contribution < 1.29 is 19.2 Å². The van der Waals surface area contributed by atoms with Crippen LogP contribution < -0.4 is 10.6 Å². The molecular weight excluding hydrogens is 300 g/mol. The van der Waals surface area contributed by atoms with Gasteiger partial charge < -0.3 is 20.3 Å². The van der Waals surface area contributed by atoms with Crippen molar-refractivity contribution in [1.82, 2.24) is 15.5 Å². The fourth-order valence-corrected chi connectivity index (χ4v) is 1.77. The van der Waals surface area contributed by atoms with E-state index in [9.17, 15) is 9.59 Å². The molecule has 0 radical (unpaired) electrons. The zero-order valence-corrected chi connectivity index (χ0v) is 11.6. The second kappa shape index (κ2) is 6.23. The Bertz CT molecular complexity index is 686. The molecule has 110 valence electrons. The molecule has 0 bridgehead atoms. The van der Waals surface area contributed by atoms with E-state index in [4.69, 9.17) is 21.2 Å². The molecule has 2 amide bonds. The minimum absolute atomic E-state index is 0.0217. The van der Waals surface area contributed by atoms with Crippen molar-refractivity contribution in [2.24, 2.45) is 0 Å². The van der Waals surface area contributed by atoms with Crippen molar-refractivity contribution in [2.75, 3.05) is 5.32 Å². The van der Waals surface area contributed by atoms with Gasteiger partial charge in [-0.25, -0.2) is 9.59 Å². The van der Waals surface area contributed by atoms with Gasteiger partial charge in [0.2, 0.25) is 5.89 Å². The number of benzene rings is 1. The summed E-state index contributed by atoms with van der Waals surface area (Å²) < 4.78 is 4.76. The summed E-state index contributed by atoms with van der Waals surface area (Å²) >= 11 is 5.79. The van der Waals surface area contributed by atoms with Gasteiger partial charge in [-0.05, 0) is 18.2 Å². The average molecular weight is 311 g/mol. The van der Waals surface area contributed by atoms with Crippen LogP contribution in [-0.4, -0.2) is 27.2 Å². The quantitative estimate of drug-likeness (QED) is 0.795. The van der Waals surface area contributed by atoms with E-state index in [1.165, 1.54) is 18.2 Å². The number of rotatable bonds is 4. The van der Waals surface area contributed by atoms with Gasteiger partial charge in [-0.2, -0.15) is 4.98 Å². The standard InChI is InChI=1S/C12H11ClN4O4/c1-6-15-10(17-21-6)5-14-12(20)16-9-3-7(11(18)19)2-8(13)4-9/h2-4H,5H2,1H3,(H,18,19)(H2,14,16,20). The number of anilines is 1. The number of carbonyl (C=O) groups is 2. The number of nitrogens with one attached hydrogen (secondary N) is 2. The highest BCUT2D eigenvalue weighted by Crippen LogP contribution is 2.19. The second-order valence-corrected chi connectivity index (χ2v) is 4.51. The molecule has 0 atom stereocenters. The predicted molar refractivity (Wildman–Crippen MR) is 73.3 cm³/mol. The van der Waals surface area contributed by atoms with Crippen LogP contribution in [0.1, 0.15) is 22.1 Å². The number of aromatic carboxylic acids is 1. The van der Waals surface area contributed by atoms with Crippen LogP contribution in [0.5, 0.6) is 0 Å². The summed E-state index contributed by atoms with van der Waals surface area (Å²) in [4.78, 5) is 26.5. The van der Waals surface area contributed by atoms with Gasteiger partial charge in [-0.3, -0.25) is 0 Å². The average Bonchev–Trinajstić information content (AvgIpc) is 2.81. The summed E-state index contributed by atoms with van der Waals surface area (Å²) in [7, 11) is 0. The number of carboxylic acids is 1. The van der Waals surface area contributed by atoms with Crippen LogP contribution in [0.3, 0.4) is 0 Å². The monoisotopic (exact) mass is 310 g/mol. The molecule has 0 unspecified atom stereocenters. The van der Waals surface area contributed by atoms with Crippen LogP contribution >= 0.6 is 11.6 Å². The number of nitrogens with zero attached hydrogens (tertiary/aromatic N) is 2. The van der Waals surface area contributed by atoms with Crippen molar-refractivity contribution in [3.8, 4) is 0 Å². The highest BCUT2D eigenvalue weighted by atomic mass is 35.5. The SMILES string of the molecule is Cc1nc(CNC(=O)Nc2cc(Cl)cc(C(=O)O)c2)no1. The van der Waals surface area contributed by atoms with Gasteiger partial charge in [0.25, 0.3) is 0 Å². The van der Waals surface area contributed by atoms with Crippen LogP contribution in [0, 0.1) is 6.92 Å². The molecule has 0 aliphatic heterocycles. The van der Waals surface area contributed by atoms with E-state index < -0.39 is 12.0 Å². The Labute approximate surface area is 124 Å². The smallest absolute Gasteiger partial charge is 0.335 e. The zero-order valence-electron chi connectivity index (χ0n) is 10.9. The Morgan fingerprint density at radius 3 is 2.76 bits per heavy atom. The molecule has 0 aliphatic rings. The Hall–Kier alpha value is -2.61. The van der Waals surface area contributed by atoms with Gasteiger partial charge in [0.05, 0.1) is 12.1 Å². The van der Waals surface area contributed by atoms with Gasteiger partial charge in [-0.15, -0.1) is 0 Å². The van der Waals surface area contributed by atoms with E-state index in [0.29, 0.717) is 11.7 Å². The largest absolute Gasteiger partial charge is 0.478 e. The summed E-state index contributed by atoms with van der Waals surface area (Å²) in [6, 6.07) is 3.48. The first-order valence-corrected chi connectivity index (χ1v) is 6.20. The maximum absolute atomic E-state index is 11.7. The molecule has 0 saturated heterocycles. The van der Waals surface area contributed by atoms with Crippen molar-refractivity contribution in [1.29, 1.82) is 0 Å². The molecule has 2 rings (SSSR count). The van der Waals surface area contributed by atoms with Crippen molar-refractivity contribution in [3.05, 3.63) is 40.5 Å². The molecule has 0 spiro atoms. The molecule has 1 heterocycles. The molecule has 21 heavy (non-hydrogen) atoms. The van der Waals surface area contributed by atoms with Crippen molar-refractivity contribution in [3.63, 3.8) is 0 Å². The highest BCUT2D eigenvalue weighted by Gasteiger charge is 2.09. The van der Waals surface area contributed by atoms with Crippen LogP contribution in [-0.2, 0) is 6.54 Å². The lowest BCUT2D eigenvalue weighted by Crippen LogP contribution is -2.28. The number of aryl methyl sites for hydroxylation is 1. The Kier molecular flexibility index (Phi) is 4.39. The van der Waals surface area contributed by atoms with Crippen molar-refractivity contribution in [2.45, 2.75) is 13.5 Å². The van der Waals surface area contributed by atoms with Gasteiger partial charge >= 0.3 is 12.0 Å². The Balaban J connectivity index is 1.97. The number of amides is 2. The lowest BCUT2D eigenvalue weighted by atomic mass is 10.2. The number of hydrogen-bond donors (Lipinski definition) is 3. The lowest BCUT2D eigenvalue weighted by Gasteiger charge is -2.07. The minimum Gasteiger partial charge on any atom is -0.478 e. The maximum atomic E-state index is 11.7. The molecule has 0 aliphatic carbocycles. The third-order valence-electron chi connectivity index (χ3n) is 2.38. The maximum Gasteiger partial charge on any atom is 0.335 e. The van der Waals surface area contributed by atoms with Crippen molar-refractivity contribution >= 4 is 29.3 Å². The van der Waals surface area contributed by atoms with Gasteiger partial charge in [-0.1, -0.05) is 16.8 Å². The van der Waals surface area contributed by atoms with Gasteiger partial charge in [0, 0.05) is 17.6 Å². The number of halogens is 1. The van der Waals surface area contributed by atoms with E-state index in [2.05, 4.69) is 20.8 Å². The molecular formula is C12H11ClN4O4. The molecule has 0 fully saturated rings. The molecule has 0 saturated carbocycles. The summed E-state index contributed by atoms with van der Waals surface area (Å²) in [5.41, 5.74) is 0.244. The first kappa shape index (κ1) is 14.8. The molecule has 2 aromatic rings. The number of aromatic nitrogens is 2.